The Morgan fingerprint density at radius 1 is 1.25 bits per heavy atom. The lowest BCUT2D eigenvalue weighted by Crippen LogP contribution is -2.41. The fourth-order valence-corrected chi connectivity index (χ4v) is 4.23. The minimum absolute atomic E-state index is 0.131. The monoisotopic (exact) mass is 303 g/mol. The third kappa shape index (κ3) is 3.35. The van der Waals surface area contributed by atoms with Gasteiger partial charge in [-0.3, -0.25) is 0 Å². The van der Waals surface area contributed by atoms with E-state index >= 15 is 0 Å². The number of benzene rings is 1. The van der Waals surface area contributed by atoms with E-state index in [9.17, 15) is 17.2 Å². The molecule has 1 aromatic rings. The van der Waals surface area contributed by atoms with Crippen LogP contribution in [-0.2, 0) is 9.84 Å². The van der Waals surface area contributed by atoms with Crippen LogP contribution in [0.25, 0.3) is 0 Å². The van der Waals surface area contributed by atoms with Crippen LogP contribution >= 0.6 is 0 Å². The molecule has 1 aliphatic rings. The van der Waals surface area contributed by atoms with Gasteiger partial charge >= 0.3 is 0 Å². The smallest absolute Gasteiger partial charge is 0.159 e. The highest BCUT2D eigenvalue weighted by Gasteiger charge is 2.35. The molecule has 3 nitrogen and oxygen atoms in total. The fourth-order valence-electron chi connectivity index (χ4n) is 2.83. The fraction of sp³-hybridized carbons (Fsp3) is 0.571. The molecule has 1 fully saturated rings. The van der Waals surface area contributed by atoms with Crippen molar-refractivity contribution in [3.63, 3.8) is 0 Å². The average molecular weight is 303 g/mol. The van der Waals surface area contributed by atoms with Gasteiger partial charge in [-0.2, -0.15) is 0 Å². The highest BCUT2D eigenvalue weighted by Crippen LogP contribution is 2.27. The molecule has 112 valence electrons. The molecule has 0 bridgehead atoms. The molecule has 0 spiro atoms. The summed E-state index contributed by atoms with van der Waals surface area (Å²) in [5, 5.41) is 2.84. The van der Waals surface area contributed by atoms with Crippen LogP contribution in [0.15, 0.2) is 18.2 Å². The number of hydrogen-bond acceptors (Lipinski definition) is 3. The molecule has 3 atom stereocenters. The summed E-state index contributed by atoms with van der Waals surface area (Å²) in [5.74, 6) is -1.77. The first-order valence-corrected chi connectivity index (χ1v) is 8.64. The van der Waals surface area contributed by atoms with Crippen molar-refractivity contribution >= 4 is 9.84 Å². The molecule has 1 N–H and O–H groups in total. The molecule has 0 saturated heterocycles. The molecule has 0 aliphatic heterocycles. The minimum atomic E-state index is -3.09. The van der Waals surface area contributed by atoms with Gasteiger partial charge in [0.15, 0.2) is 21.5 Å². The second kappa shape index (κ2) is 5.77. The van der Waals surface area contributed by atoms with Gasteiger partial charge in [0.25, 0.3) is 0 Å². The molecule has 0 heterocycles. The Morgan fingerprint density at radius 2 is 1.95 bits per heavy atom. The molecule has 20 heavy (non-hydrogen) atoms. The Hall–Kier alpha value is -1.01. The third-order valence-electron chi connectivity index (χ3n) is 3.91. The summed E-state index contributed by atoms with van der Waals surface area (Å²) in [5.41, 5.74) is 0.614. The topological polar surface area (TPSA) is 46.2 Å². The summed E-state index contributed by atoms with van der Waals surface area (Å²) in [7, 11) is -3.09. The van der Waals surface area contributed by atoms with Gasteiger partial charge in [0.2, 0.25) is 0 Å². The molecule has 0 aromatic heterocycles. The quantitative estimate of drug-likeness (QED) is 0.930. The molecule has 1 aromatic carbocycles. The number of hydrogen-bond donors (Lipinski definition) is 1. The Balaban J connectivity index is 2.11. The number of sulfone groups is 1. The predicted octanol–water partition coefficient (Wildman–Crippen LogP) is 2.58. The van der Waals surface area contributed by atoms with E-state index in [0.717, 1.165) is 25.0 Å². The molecule has 1 saturated carbocycles. The van der Waals surface area contributed by atoms with Crippen molar-refractivity contribution in [2.24, 2.45) is 0 Å². The largest absolute Gasteiger partial charge is 0.306 e. The van der Waals surface area contributed by atoms with E-state index in [0.29, 0.717) is 12.0 Å². The Morgan fingerprint density at radius 3 is 2.55 bits per heavy atom. The van der Waals surface area contributed by atoms with E-state index in [1.165, 1.54) is 12.3 Å². The van der Waals surface area contributed by atoms with Gasteiger partial charge in [-0.05, 0) is 37.5 Å². The lowest BCUT2D eigenvalue weighted by atomic mass is 10.1. The van der Waals surface area contributed by atoms with E-state index in [1.807, 2.05) is 6.92 Å². The van der Waals surface area contributed by atoms with Crippen molar-refractivity contribution in [1.82, 2.24) is 5.32 Å². The summed E-state index contributed by atoms with van der Waals surface area (Å²) in [6.45, 7) is 1.82. The summed E-state index contributed by atoms with van der Waals surface area (Å²) < 4.78 is 49.6. The summed E-state index contributed by atoms with van der Waals surface area (Å²) in [4.78, 5) is 0. The van der Waals surface area contributed by atoms with Crippen molar-refractivity contribution in [2.45, 2.75) is 43.5 Å². The van der Waals surface area contributed by atoms with Crippen molar-refractivity contribution < 1.29 is 17.2 Å². The molecule has 3 unspecified atom stereocenters. The van der Waals surface area contributed by atoms with E-state index in [2.05, 4.69) is 5.32 Å². The van der Waals surface area contributed by atoms with Crippen LogP contribution in [0.5, 0.6) is 0 Å². The Labute approximate surface area is 118 Å². The summed E-state index contributed by atoms with van der Waals surface area (Å²) in [6.07, 6.45) is 3.55. The van der Waals surface area contributed by atoms with Crippen LogP contribution < -0.4 is 5.32 Å². The zero-order chi connectivity index (χ0) is 14.9. The minimum Gasteiger partial charge on any atom is -0.306 e. The first kappa shape index (κ1) is 15.4. The molecular weight excluding hydrogens is 284 g/mol. The predicted molar refractivity (Wildman–Crippen MR) is 74.2 cm³/mol. The number of halogens is 2. The van der Waals surface area contributed by atoms with Crippen LogP contribution in [0.2, 0.25) is 0 Å². The van der Waals surface area contributed by atoms with Gasteiger partial charge < -0.3 is 5.32 Å². The summed E-state index contributed by atoms with van der Waals surface area (Å²) >= 11 is 0. The lowest BCUT2D eigenvalue weighted by Gasteiger charge is -2.24. The van der Waals surface area contributed by atoms with Gasteiger partial charge in [0.05, 0.1) is 5.25 Å². The van der Waals surface area contributed by atoms with Gasteiger partial charge in [-0.1, -0.05) is 12.5 Å². The Bertz CT molecular complexity index is 589. The van der Waals surface area contributed by atoms with Gasteiger partial charge in [-0.25, -0.2) is 17.2 Å². The maximum atomic E-state index is 13.2. The number of nitrogens with one attached hydrogen (secondary N) is 1. The van der Waals surface area contributed by atoms with Gasteiger partial charge in [0, 0.05) is 18.3 Å². The maximum Gasteiger partial charge on any atom is 0.159 e. The normalized spacial score (nSPS) is 24.8. The van der Waals surface area contributed by atoms with E-state index in [-0.39, 0.29) is 12.1 Å². The van der Waals surface area contributed by atoms with E-state index < -0.39 is 26.7 Å². The van der Waals surface area contributed by atoms with Crippen molar-refractivity contribution in [1.29, 1.82) is 0 Å². The molecule has 6 heteroatoms. The highest BCUT2D eigenvalue weighted by atomic mass is 32.2. The van der Waals surface area contributed by atoms with E-state index in [1.54, 1.807) is 0 Å². The molecule has 2 rings (SSSR count). The van der Waals surface area contributed by atoms with Gasteiger partial charge in [-0.15, -0.1) is 0 Å². The van der Waals surface area contributed by atoms with Crippen molar-refractivity contribution in [3.8, 4) is 0 Å². The van der Waals surface area contributed by atoms with Crippen LogP contribution in [0.1, 0.15) is 37.8 Å². The maximum absolute atomic E-state index is 13.2. The van der Waals surface area contributed by atoms with Gasteiger partial charge in [0.1, 0.15) is 0 Å². The molecule has 0 radical (unpaired) electrons. The van der Waals surface area contributed by atoms with Crippen molar-refractivity contribution in [2.75, 3.05) is 6.26 Å². The highest BCUT2D eigenvalue weighted by molar-refractivity contribution is 7.91. The first-order chi connectivity index (χ1) is 9.29. The second-order valence-electron chi connectivity index (χ2n) is 5.47. The molecule has 1 aliphatic carbocycles. The van der Waals surface area contributed by atoms with E-state index in [4.69, 9.17) is 0 Å². The van der Waals surface area contributed by atoms with Crippen LogP contribution in [0.4, 0.5) is 8.78 Å². The third-order valence-corrected chi connectivity index (χ3v) is 5.57. The van der Waals surface area contributed by atoms with Crippen LogP contribution in [-0.4, -0.2) is 26.0 Å². The lowest BCUT2D eigenvalue weighted by molar-refractivity contribution is 0.450. The van der Waals surface area contributed by atoms with Crippen LogP contribution in [0.3, 0.4) is 0 Å². The Kier molecular flexibility index (Phi) is 4.44. The zero-order valence-corrected chi connectivity index (χ0v) is 12.4. The zero-order valence-electron chi connectivity index (χ0n) is 11.6. The molecule has 0 amide bonds. The number of rotatable bonds is 4. The second-order valence-corrected chi connectivity index (χ2v) is 7.73. The SMILES string of the molecule is CC(NC1CCCC1S(C)(=O)=O)c1ccc(F)c(F)c1. The van der Waals surface area contributed by atoms with Crippen molar-refractivity contribution in [3.05, 3.63) is 35.4 Å². The molecular formula is C14H19F2NO2S. The summed E-state index contributed by atoms with van der Waals surface area (Å²) in [6, 6.07) is 3.40. The first-order valence-electron chi connectivity index (χ1n) is 6.69. The standard InChI is InChI=1S/C14H19F2NO2S/c1-9(10-6-7-11(15)12(16)8-10)17-13-4-3-5-14(13)20(2,18)19/h6-9,13-14,17H,3-5H2,1-2H3. The average Bonchev–Trinajstić information content (AvgIpc) is 2.80. The van der Waals surface area contributed by atoms with Crippen LogP contribution in [0, 0.1) is 11.6 Å².